The minimum Gasteiger partial charge on any atom is -0.478 e. The number of hydrogen-bond acceptors (Lipinski definition) is 2. The smallest absolute Gasteiger partial charge is 0.335 e. The van der Waals surface area contributed by atoms with Gasteiger partial charge in [-0.2, -0.15) is 0 Å². The standard InChI is InChI=1S/C11H10N2O3/c1-7-6-12-13(10(7)14)9-4-2-8(3-5-9)11(15)16/h2-6,12H,1H3,(H,15,16). The molecule has 16 heavy (non-hydrogen) atoms. The van der Waals surface area contributed by atoms with Gasteiger partial charge in [-0.3, -0.25) is 9.89 Å². The highest BCUT2D eigenvalue weighted by Gasteiger charge is 2.05. The summed E-state index contributed by atoms with van der Waals surface area (Å²) in [5, 5.41) is 11.5. The lowest BCUT2D eigenvalue weighted by Crippen LogP contribution is -2.15. The monoisotopic (exact) mass is 218 g/mol. The number of nitrogens with zero attached hydrogens (tertiary/aromatic N) is 1. The van der Waals surface area contributed by atoms with E-state index in [2.05, 4.69) is 5.10 Å². The van der Waals surface area contributed by atoms with Gasteiger partial charge in [0.1, 0.15) is 0 Å². The molecule has 1 aromatic carbocycles. The maximum atomic E-state index is 11.6. The quantitative estimate of drug-likeness (QED) is 0.794. The average molecular weight is 218 g/mol. The lowest BCUT2D eigenvalue weighted by Gasteiger charge is -2.01. The van der Waals surface area contributed by atoms with E-state index in [9.17, 15) is 9.59 Å². The summed E-state index contributed by atoms with van der Waals surface area (Å²) < 4.78 is 1.36. The highest BCUT2D eigenvalue weighted by Crippen LogP contribution is 2.07. The summed E-state index contributed by atoms with van der Waals surface area (Å²) in [7, 11) is 0. The molecule has 0 unspecified atom stereocenters. The molecule has 0 spiro atoms. The van der Waals surface area contributed by atoms with Gasteiger partial charge in [-0.15, -0.1) is 0 Å². The van der Waals surface area contributed by atoms with E-state index in [0.29, 0.717) is 11.3 Å². The first-order chi connectivity index (χ1) is 7.59. The molecule has 0 bridgehead atoms. The molecule has 0 radical (unpaired) electrons. The van der Waals surface area contributed by atoms with Gasteiger partial charge in [0, 0.05) is 11.8 Å². The summed E-state index contributed by atoms with van der Waals surface area (Å²) in [6, 6.07) is 6.09. The molecule has 0 atom stereocenters. The Morgan fingerprint density at radius 2 is 1.94 bits per heavy atom. The summed E-state index contributed by atoms with van der Waals surface area (Å²) in [5.74, 6) is -0.985. The summed E-state index contributed by atoms with van der Waals surface area (Å²) >= 11 is 0. The van der Waals surface area contributed by atoms with Crippen LogP contribution in [-0.4, -0.2) is 20.9 Å². The van der Waals surface area contributed by atoms with Gasteiger partial charge in [-0.25, -0.2) is 9.48 Å². The first-order valence-electron chi connectivity index (χ1n) is 4.70. The van der Waals surface area contributed by atoms with Crippen molar-refractivity contribution in [3.8, 4) is 5.69 Å². The second kappa shape index (κ2) is 3.69. The van der Waals surface area contributed by atoms with Crippen molar-refractivity contribution in [2.45, 2.75) is 6.92 Å². The molecular formula is C11H10N2O3. The van der Waals surface area contributed by atoms with E-state index in [4.69, 9.17) is 5.11 Å². The van der Waals surface area contributed by atoms with Crippen molar-refractivity contribution in [2.24, 2.45) is 0 Å². The maximum Gasteiger partial charge on any atom is 0.335 e. The van der Waals surface area contributed by atoms with Crippen LogP contribution in [0, 0.1) is 6.92 Å². The first-order valence-corrected chi connectivity index (χ1v) is 4.70. The first kappa shape index (κ1) is 10.2. The number of carbonyl (C=O) groups is 1. The van der Waals surface area contributed by atoms with E-state index in [1.807, 2.05) is 0 Å². The zero-order chi connectivity index (χ0) is 11.7. The predicted octanol–water partition coefficient (Wildman–Crippen LogP) is 1.17. The number of H-pyrrole nitrogens is 1. The number of carboxylic acids is 1. The topological polar surface area (TPSA) is 75.1 Å². The van der Waals surface area contributed by atoms with Gasteiger partial charge in [0.2, 0.25) is 0 Å². The predicted molar refractivity (Wildman–Crippen MR) is 58.1 cm³/mol. The highest BCUT2D eigenvalue weighted by atomic mass is 16.4. The van der Waals surface area contributed by atoms with Crippen LogP contribution in [0.1, 0.15) is 15.9 Å². The van der Waals surface area contributed by atoms with Crippen molar-refractivity contribution < 1.29 is 9.90 Å². The number of rotatable bonds is 2. The lowest BCUT2D eigenvalue weighted by atomic mass is 10.2. The molecular weight excluding hydrogens is 208 g/mol. The molecule has 5 heteroatoms. The fourth-order valence-electron chi connectivity index (χ4n) is 1.40. The zero-order valence-electron chi connectivity index (χ0n) is 8.60. The van der Waals surface area contributed by atoms with Crippen molar-refractivity contribution in [3.05, 3.63) is 51.9 Å². The van der Waals surface area contributed by atoms with E-state index >= 15 is 0 Å². The van der Waals surface area contributed by atoms with E-state index in [1.54, 1.807) is 25.3 Å². The molecule has 0 aliphatic carbocycles. The molecule has 1 aromatic heterocycles. The zero-order valence-corrected chi connectivity index (χ0v) is 8.60. The van der Waals surface area contributed by atoms with Crippen LogP contribution in [-0.2, 0) is 0 Å². The third-order valence-electron chi connectivity index (χ3n) is 2.32. The van der Waals surface area contributed by atoms with E-state index in [0.717, 1.165) is 0 Å². The van der Waals surface area contributed by atoms with Gasteiger partial charge in [0.15, 0.2) is 0 Å². The van der Waals surface area contributed by atoms with Crippen molar-refractivity contribution in [2.75, 3.05) is 0 Å². The molecule has 0 fully saturated rings. The van der Waals surface area contributed by atoms with Crippen LogP contribution in [0.25, 0.3) is 5.69 Å². The van der Waals surface area contributed by atoms with Crippen LogP contribution in [0.2, 0.25) is 0 Å². The number of hydrogen-bond donors (Lipinski definition) is 2. The Hall–Kier alpha value is -2.30. The molecule has 0 aliphatic rings. The van der Waals surface area contributed by atoms with Gasteiger partial charge in [0.25, 0.3) is 5.56 Å². The lowest BCUT2D eigenvalue weighted by molar-refractivity contribution is 0.0697. The molecule has 2 rings (SSSR count). The summed E-state index contributed by atoms with van der Waals surface area (Å²) in [6.07, 6.45) is 1.60. The number of carboxylic acid groups (broad SMARTS) is 1. The molecule has 2 aromatic rings. The van der Waals surface area contributed by atoms with Crippen LogP contribution in [0.15, 0.2) is 35.3 Å². The Balaban J connectivity index is 2.46. The molecule has 1 heterocycles. The minimum atomic E-state index is -0.985. The number of aryl methyl sites for hydroxylation is 1. The molecule has 5 nitrogen and oxygen atoms in total. The van der Waals surface area contributed by atoms with E-state index in [-0.39, 0.29) is 11.1 Å². The number of benzene rings is 1. The largest absolute Gasteiger partial charge is 0.478 e. The van der Waals surface area contributed by atoms with Crippen LogP contribution < -0.4 is 5.56 Å². The average Bonchev–Trinajstić information content (AvgIpc) is 2.60. The summed E-state index contributed by atoms with van der Waals surface area (Å²) in [4.78, 5) is 22.2. The molecule has 0 saturated carbocycles. The van der Waals surface area contributed by atoms with Crippen LogP contribution in [0.4, 0.5) is 0 Å². The van der Waals surface area contributed by atoms with Crippen LogP contribution >= 0.6 is 0 Å². The Morgan fingerprint density at radius 1 is 1.31 bits per heavy atom. The maximum absolute atomic E-state index is 11.6. The van der Waals surface area contributed by atoms with E-state index in [1.165, 1.54) is 16.8 Å². The second-order valence-corrected chi connectivity index (χ2v) is 3.45. The van der Waals surface area contributed by atoms with Gasteiger partial charge >= 0.3 is 5.97 Å². The van der Waals surface area contributed by atoms with Crippen LogP contribution in [0.5, 0.6) is 0 Å². The minimum absolute atomic E-state index is 0.136. The molecule has 0 saturated heterocycles. The summed E-state index contributed by atoms with van der Waals surface area (Å²) in [6.45, 7) is 1.71. The number of aromatic carboxylic acids is 1. The number of aromatic amines is 1. The molecule has 0 aliphatic heterocycles. The SMILES string of the molecule is Cc1c[nH]n(-c2ccc(C(=O)O)cc2)c1=O. The number of aromatic nitrogens is 2. The highest BCUT2D eigenvalue weighted by molar-refractivity contribution is 5.87. The van der Waals surface area contributed by atoms with Gasteiger partial charge in [-0.05, 0) is 31.2 Å². The Morgan fingerprint density at radius 3 is 2.38 bits per heavy atom. The Bertz CT molecular complexity index is 578. The van der Waals surface area contributed by atoms with Crippen molar-refractivity contribution in [1.82, 2.24) is 9.78 Å². The Kier molecular flexibility index (Phi) is 2.36. The normalized spacial score (nSPS) is 10.3. The van der Waals surface area contributed by atoms with Gasteiger partial charge in [0.05, 0.1) is 11.3 Å². The molecule has 2 N–H and O–H groups in total. The van der Waals surface area contributed by atoms with Crippen molar-refractivity contribution in [3.63, 3.8) is 0 Å². The van der Waals surface area contributed by atoms with Crippen LogP contribution in [0.3, 0.4) is 0 Å². The fraction of sp³-hybridized carbons (Fsp3) is 0.0909. The van der Waals surface area contributed by atoms with Crippen molar-refractivity contribution in [1.29, 1.82) is 0 Å². The van der Waals surface area contributed by atoms with E-state index < -0.39 is 5.97 Å². The summed E-state index contributed by atoms with van der Waals surface area (Å²) in [5.41, 5.74) is 1.29. The third kappa shape index (κ3) is 1.63. The third-order valence-corrected chi connectivity index (χ3v) is 2.32. The number of nitrogens with one attached hydrogen (secondary N) is 1. The second-order valence-electron chi connectivity index (χ2n) is 3.45. The molecule has 0 amide bonds. The van der Waals surface area contributed by atoms with Gasteiger partial charge < -0.3 is 5.11 Å². The molecule has 82 valence electrons. The van der Waals surface area contributed by atoms with Crippen molar-refractivity contribution >= 4 is 5.97 Å². The Labute approximate surface area is 90.9 Å². The van der Waals surface area contributed by atoms with Gasteiger partial charge in [-0.1, -0.05) is 0 Å². The fourth-order valence-corrected chi connectivity index (χ4v) is 1.40.